The number of hydrogen-bond donors (Lipinski definition) is 0. The molecular weight excluding hydrogens is 262 g/mol. The number of carbonyl (C=O) groups excluding carboxylic acids is 1. The number of hydrogen-bond acceptors (Lipinski definition) is 7. The largest absolute Gasteiger partial charge is 0.447 e. The van der Waals surface area contributed by atoms with E-state index >= 15 is 0 Å². The van der Waals surface area contributed by atoms with Crippen molar-refractivity contribution in [2.45, 2.75) is 46.1 Å². The smallest absolute Gasteiger partial charge is 0.377 e. The lowest BCUT2D eigenvalue weighted by atomic mass is 10.1. The Morgan fingerprint density at radius 2 is 2.10 bits per heavy atom. The zero-order chi connectivity index (χ0) is 14.7. The number of ether oxygens (including phenoxy) is 1. The van der Waals surface area contributed by atoms with Crippen LogP contribution in [0.3, 0.4) is 0 Å². The van der Waals surface area contributed by atoms with Crippen LogP contribution in [-0.4, -0.2) is 21.3 Å². The normalized spacial score (nSPS) is 14.0. The molecule has 7 nitrogen and oxygen atoms in total. The Labute approximate surface area is 116 Å². The fourth-order valence-electron chi connectivity index (χ4n) is 1.57. The Morgan fingerprint density at radius 3 is 2.70 bits per heavy atom. The molecule has 0 fully saturated rings. The molecule has 0 saturated carbocycles. The molecule has 2 atom stereocenters. The van der Waals surface area contributed by atoms with E-state index in [0.717, 1.165) is 12.1 Å². The van der Waals surface area contributed by atoms with Crippen molar-refractivity contribution in [3.05, 3.63) is 29.2 Å². The summed E-state index contributed by atoms with van der Waals surface area (Å²) >= 11 is 0. The van der Waals surface area contributed by atoms with E-state index < -0.39 is 12.1 Å². The first-order valence-corrected chi connectivity index (χ1v) is 6.49. The van der Waals surface area contributed by atoms with Gasteiger partial charge in [0.05, 0.1) is 5.69 Å². The summed E-state index contributed by atoms with van der Waals surface area (Å²) in [5.74, 6) is 0.439. The van der Waals surface area contributed by atoms with Gasteiger partial charge >= 0.3 is 5.97 Å². The maximum Gasteiger partial charge on any atom is 0.377 e. The molecule has 0 bridgehead atoms. The topological polar surface area (TPSA) is 91.2 Å². The first-order chi connectivity index (χ1) is 9.51. The Balaban J connectivity index is 2.03. The molecule has 0 spiro atoms. The van der Waals surface area contributed by atoms with Crippen LogP contribution < -0.4 is 0 Å². The summed E-state index contributed by atoms with van der Waals surface area (Å²) in [5, 5.41) is 7.51. The second-order valence-corrected chi connectivity index (χ2v) is 4.65. The maximum absolute atomic E-state index is 11.9. The van der Waals surface area contributed by atoms with Crippen LogP contribution in [0.4, 0.5) is 0 Å². The van der Waals surface area contributed by atoms with Crippen molar-refractivity contribution >= 4 is 5.97 Å². The van der Waals surface area contributed by atoms with Gasteiger partial charge in [-0.1, -0.05) is 24.2 Å². The summed E-state index contributed by atoms with van der Waals surface area (Å²) in [5.41, 5.74) is 0.737. The molecule has 0 radical (unpaired) electrons. The molecule has 2 heterocycles. The first kappa shape index (κ1) is 14.2. The monoisotopic (exact) mass is 279 g/mol. The van der Waals surface area contributed by atoms with Gasteiger partial charge in [0.1, 0.15) is 0 Å². The number of rotatable bonds is 5. The molecule has 0 aliphatic rings. The van der Waals surface area contributed by atoms with Crippen LogP contribution in [0, 0.1) is 6.92 Å². The molecule has 2 rings (SSSR count). The van der Waals surface area contributed by atoms with E-state index in [1.165, 1.54) is 0 Å². The van der Waals surface area contributed by atoms with E-state index in [9.17, 15) is 4.79 Å². The number of esters is 1. The van der Waals surface area contributed by atoms with Crippen molar-refractivity contribution in [3.8, 4) is 0 Å². The van der Waals surface area contributed by atoms with Gasteiger partial charge in [-0.05, 0) is 20.3 Å². The number of carbonyl (C=O) groups is 1. The van der Waals surface area contributed by atoms with E-state index in [4.69, 9.17) is 13.8 Å². The van der Waals surface area contributed by atoms with Crippen LogP contribution in [0.2, 0.25) is 0 Å². The summed E-state index contributed by atoms with van der Waals surface area (Å²) in [6, 6.07) is 1.60. The van der Waals surface area contributed by atoms with Crippen LogP contribution in [0.25, 0.3) is 0 Å². The second-order valence-electron chi connectivity index (χ2n) is 4.65. The first-order valence-electron chi connectivity index (χ1n) is 6.49. The van der Waals surface area contributed by atoms with E-state index in [1.807, 2.05) is 13.8 Å². The molecule has 0 unspecified atom stereocenters. The lowest BCUT2D eigenvalue weighted by Gasteiger charge is -2.06. The van der Waals surface area contributed by atoms with Gasteiger partial charge in [-0.25, -0.2) is 4.79 Å². The minimum Gasteiger partial charge on any atom is -0.447 e. The lowest BCUT2D eigenvalue weighted by molar-refractivity contribution is 0.0221. The summed E-state index contributed by atoms with van der Waals surface area (Å²) in [4.78, 5) is 15.9. The van der Waals surface area contributed by atoms with Gasteiger partial charge in [0.15, 0.2) is 11.9 Å². The summed E-state index contributed by atoms with van der Waals surface area (Å²) in [6.07, 6.45) is 0.277. The van der Waals surface area contributed by atoms with Gasteiger partial charge in [-0.15, -0.1) is 0 Å². The minimum absolute atomic E-state index is 0.0726. The molecule has 2 aromatic heterocycles. The van der Waals surface area contributed by atoms with E-state index in [1.54, 1.807) is 19.9 Å². The quantitative estimate of drug-likeness (QED) is 0.777. The van der Waals surface area contributed by atoms with Crippen molar-refractivity contribution < 1.29 is 18.6 Å². The third-order valence-corrected chi connectivity index (χ3v) is 3.02. The predicted octanol–water partition coefficient (Wildman–Crippen LogP) is 2.80. The van der Waals surface area contributed by atoms with Crippen molar-refractivity contribution in [1.29, 1.82) is 0 Å². The Kier molecular flexibility index (Phi) is 4.16. The fourth-order valence-corrected chi connectivity index (χ4v) is 1.57. The summed E-state index contributed by atoms with van der Waals surface area (Å²) in [7, 11) is 0. The zero-order valence-corrected chi connectivity index (χ0v) is 11.9. The molecule has 0 aromatic carbocycles. The molecular formula is C13H17N3O4. The third kappa shape index (κ3) is 3.04. The Hall–Kier alpha value is -2.18. The second kappa shape index (κ2) is 5.85. The van der Waals surface area contributed by atoms with E-state index in [2.05, 4.69) is 15.3 Å². The SMILES string of the molecule is CC[C@H](C)c1cc(C(=O)O[C@H](C)c2nc(C)no2)on1. The predicted molar refractivity (Wildman–Crippen MR) is 68.1 cm³/mol. The molecule has 0 aliphatic heterocycles. The van der Waals surface area contributed by atoms with Gasteiger partial charge in [-0.2, -0.15) is 4.98 Å². The van der Waals surface area contributed by atoms with Crippen molar-refractivity contribution in [2.24, 2.45) is 0 Å². The maximum atomic E-state index is 11.9. The molecule has 0 aliphatic carbocycles. The van der Waals surface area contributed by atoms with Crippen LogP contribution in [0.1, 0.15) is 67.2 Å². The number of aromatic nitrogens is 3. The molecule has 20 heavy (non-hydrogen) atoms. The number of nitrogens with zero attached hydrogens (tertiary/aromatic N) is 3. The van der Waals surface area contributed by atoms with Crippen LogP contribution in [0.15, 0.2) is 15.1 Å². The molecule has 0 saturated heterocycles. The van der Waals surface area contributed by atoms with Crippen LogP contribution in [-0.2, 0) is 4.74 Å². The average Bonchev–Trinajstić information content (AvgIpc) is 3.06. The third-order valence-electron chi connectivity index (χ3n) is 3.02. The highest BCUT2D eigenvalue weighted by molar-refractivity contribution is 5.86. The summed E-state index contributed by atoms with van der Waals surface area (Å²) in [6.45, 7) is 7.39. The van der Waals surface area contributed by atoms with Crippen LogP contribution in [0.5, 0.6) is 0 Å². The average molecular weight is 279 g/mol. The van der Waals surface area contributed by atoms with Gasteiger partial charge in [0, 0.05) is 12.0 Å². The fraction of sp³-hybridized carbons (Fsp3) is 0.538. The molecule has 108 valence electrons. The van der Waals surface area contributed by atoms with Gasteiger partial charge in [-0.3, -0.25) is 0 Å². The van der Waals surface area contributed by atoms with Gasteiger partial charge in [0.25, 0.3) is 5.89 Å². The molecule has 0 N–H and O–H groups in total. The van der Waals surface area contributed by atoms with Crippen molar-refractivity contribution in [3.63, 3.8) is 0 Å². The number of aryl methyl sites for hydroxylation is 1. The highest BCUT2D eigenvalue weighted by Crippen LogP contribution is 2.21. The lowest BCUT2D eigenvalue weighted by Crippen LogP contribution is -2.08. The zero-order valence-electron chi connectivity index (χ0n) is 11.9. The highest BCUT2D eigenvalue weighted by Gasteiger charge is 2.22. The van der Waals surface area contributed by atoms with Crippen molar-refractivity contribution in [2.75, 3.05) is 0 Å². The molecule has 2 aromatic rings. The van der Waals surface area contributed by atoms with Gasteiger partial charge < -0.3 is 13.8 Å². The van der Waals surface area contributed by atoms with E-state index in [0.29, 0.717) is 5.82 Å². The summed E-state index contributed by atoms with van der Waals surface area (Å²) < 4.78 is 15.1. The Morgan fingerprint density at radius 1 is 1.35 bits per heavy atom. The Bertz CT molecular complexity index is 590. The van der Waals surface area contributed by atoms with E-state index in [-0.39, 0.29) is 17.6 Å². The standard InChI is InChI=1S/C13H17N3O4/c1-5-7(2)10-6-11(19-16-10)13(17)18-8(3)12-14-9(4)15-20-12/h6-8H,5H2,1-4H3/t7-,8+/m0/s1. The minimum atomic E-state index is -0.638. The van der Waals surface area contributed by atoms with Gasteiger partial charge in [0.2, 0.25) is 5.76 Å². The highest BCUT2D eigenvalue weighted by atomic mass is 16.6. The molecule has 0 amide bonds. The molecule has 7 heteroatoms. The van der Waals surface area contributed by atoms with Crippen LogP contribution >= 0.6 is 0 Å². The van der Waals surface area contributed by atoms with Crippen molar-refractivity contribution in [1.82, 2.24) is 15.3 Å².